The summed E-state index contributed by atoms with van der Waals surface area (Å²) >= 11 is 1.43. The molecular formula is C17H19N5OS. The van der Waals surface area contributed by atoms with E-state index in [1.807, 2.05) is 17.6 Å². The average molecular weight is 341 g/mol. The first-order chi connectivity index (χ1) is 11.7. The van der Waals surface area contributed by atoms with Gasteiger partial charge in [-0.25, -0.2) is 15.0 Å². The van der Waals surface area contributed by atoms with Crippen LogP contribution >= 0.6 is 11.3 Å². The number of hydrogen-bond donors (Lipinski definition) is 2. The van der Waals surface area contributed by atoms with Gasteiger partial charge in [0, 0.05) is 22.9 Å². The van der Waals surface area contributed by atoms with Crippen LogP contribution in [0.5, 0.6) is 0 Å². The van der Waals surface area contributed by atoms with Gasteiger partial charge in [-0.05, 0) is 37.7 Å². The number of aromatic nitrogens is 4. The normalized spacial score (nSPS) is 21.0. The quantitative estimate of drug-likeness (QED) is 0.758. The highest BCUT2D eigenvalue weighted by Crippen LogP contribution is 2.31. The molecule has 4 rings (SSSR count). The van der Waals surface area contributed by atoms with Crippen LogP contribution in [0.2, 0.25) is 0 Å². The highest BCUT2D eigenvalue weighted by atomic mass is 32.1. The summed E-state index contributed by atoms with van der Waals surface area (Å²) in [5.41, 5.74) is 2.33. The van der Waals surface area contributed by atoms with Crippen LogP contribution in [-0.2, 0) is 4.79 Å². The number of H-pyrrole nitrogens is 1. The Kier molecular flexibility index (Phi) is 4.02. The van der Waals surface area contributed by atoms with E-state index in [0.29, 0.717) is 5.13 Å². The highest BCUT2D eigenvalue weighted by Gasteiger charge is 2.25. The Morgan fingerprint density at radius 1 is 1.29 bits per heavy atom. The Bertz CT molecular complexity index is 863. The van der Waals surface area contributed by atoms with Crippen molar-refractivity contribution >= 4 is 33.4 Å². The standard InChI is InChI=1S/C17H19N5OS/c1-10-2-4-11(5-3-10)16(23)22-17-21-13(8-24-17)14-12-6-7-18-15(12)20-9-19-14/h6-11H,2-5H2,1H3,(H,18,19,20)(H,21,22,23). The zero-order valence-electron chi connectivity index (χ0n) is 13.5. The van der Waals surface area contributed by atoms with Gasteiger partial charge < -0.3 is 10.3 Å². The molecule has 7 heteroatoms. The third kappa shape index (κ3) is 2.91. The van der Waals surface area contributed by atoms with Crippen molar-refractivity contribution in [2.24, 2.45) is 11.8 Å². The number of fused-ring (bicyclic) bond motifs is 1. The van der Waals surface area contributed by atoms with Gasteiger partial charge in [0.05, 0.1) is 0 Å². The highest BCUT2D eigenvalue weighted by molar-refractivity contribution is 7.14. The summed E-state index contributed by atoms with van der Waals surface area (Å²) < 4.78 is 0. The fourth-order valence-corrected chi connectivity index (χ4v) is 3.94. The fourth-order valence-electron chi connectivity index (χ4n) is 3.25. The van der Waals surface area contributed by atoms with Crippen molar-refractivity contribution in [2.45, 2.75) is 32.6 Å². The second-order valence-electron chi connectivity index (χ2n) is 6.45. The predicted molar refractivity (Wildman–Crippen MR) is 94.7 cm³/mol. The molecule has 1 fully saturated rings. The number of rotatable bonds is 3. The van der Waals surface area contributed by atoms with Crippen LogP contribution in [0.1, 0.15) is 32.6 Å². The van der Waals surface area contributed by atoms with Crippen LogP contribution in [0.3, 0.4) is 0 Å². The summed E-state index contributed by atoms with van der Waals surface area (Å²) in [6, 6.07) is 1.94. The molecule has 1 aliphatic carbocycles. The molecule has 2 N–H and O–H groups in total. The number of nitrogens with zero attached hydrogens (tertiary/aromatic N) is 3. The van der Waals surface area contributed by atoms with E-state index in [1.54, 1.807) is 0 Å². The van der Waals surface area contributed by atoms with Crippen LogP contribution < -0.4 is 5.32 Å². The summed E-state index contributed by atoms with van der Waals surface area (Å²) in [6.45, 7) is 2.25. The monoisotopic (exact) mass is 341 g/mol. The van der Waals surface area contributed by atoms with Crippen LogP contribution in [0, 0.1) is 11.8 Å². The van der Waals surface area contributed by atoms with Gasteiger partial charge in [0.15, 0.2) is 5.13 Å². The smallest absolute Gasteiger partial charge is 0.229 e. The summed E-state index contributed by atoms with van der Waals surface area (Å²) in [6.07, 6.45) is 7.57. The minimum atomic E-state index is 0.0947. The molecule has 0 aromatic carbocycles. The third-order valence-electron chi connectivity index (χ3n) is 4.72. The van der Waals surface area contributed by atoms with E-state index < -0.39 is 0 Å². The predicted octanol–water partition coefficient (Wildman–Crippen LogP) is 3.85. The van der Waals surface area contributed by atoms with Crippen molar-refractivity contribution in [1.29, 1.82) is 0 Å². The van der Waals surface area contributed by atoms with Crippen LogP contribution in [0.25, 0.3) is 22.4 Å². The molecule has 0 atom stereocenters. The van der Waals surface area contributed by atoms with Gasteiger partial charge in [0.2, 0.25) is 5.91 Å². The second-order valence-corrected chi connectivity index (χ2v) is 7.30. The summed E-state index contributed by atoms with van der Waals surface area (Å²) in [5, 5.41) is 6.47. The van der Waals surface area contributed by atoms with Gasteiger partial charge in [-0.3, -0.25) is 4.79 Å². The Morgan fingerprint density at radius 3 is 2.96 bits per heavy atom. The van der Waals surface area contributed by atoms with Gasteiger partial charge in [0.25, 0.3) is 0 Å². The molecule has 3 heterocycles. The topological polar surface area (TPSA) is 83.6 Å². The van der Waals surface area contributed by atoms with Crippen LogP contribution in [0.4, 0.5) is 5.13 Å². The third-order valence-corrected chi connectivity index (χ3v) is 5.48. The lowest BCUT2D eigenvalue weighted by atomic mass is 9.82. The van der Waals surface area contributed by atoms with E-state index in [9.17, 15) is 4.79 Å². The molecular weight excluding hydrogens is 322 g/mol. The van der Waals surface area contributed by atoms with Crippen molar-refractivity contribution < 1.29 is 4.79 Å². The first-order valence-corrected chi connectivity index (χ1v) is 9.13. The number of aromatic amines is 1. The molecule has 0 saturated heterocycles. The van der Waals surface area contributed by atoms with E-state index in [-0.39, 0.29) is 11.8 Å². The molecule has 1 amide bonds. The molecule has 124 valence electrons. The van der Waals surface area contributed by atoms with Crippen molar-refractivity contribution in [3.8, 4) is 11.4 Å². The molecule has 1 saturated carbocycles. The fraction of sp³-hybridized carbons (Fsp3) is 0.412. The Morgan fingerprint density at radius 2 is 2.12 bits per heavy atom. The van der Waals surface area contributed by atoms with Crippen LogP contribution in [0.15, 0.2) is 24.0 Å². The number of carbonyl (C=O) groups excluding carboxylic acids is 1. The first kappa shape index (κ1) is 15.3. The molecule has 0 radical (unpaired) electrons. The summed E-state index contributed by atoms with van der Waals surface area (Å²) in [7, 11) is 0. The lowest BCUT2D eigenvalue weighted by Crippen LogP contribution is -2.26. The maximum absolute atomic E-state index is 12.4. The molecule has 3 aromatic heterocycles. The SMILES string of the molecule is CC1CCC(C(=O)Nc2nc(-c3ncnc4[nH]ccc34)cs2)CC1. The zero-order valence-corrected chi connectivity index (χ0v) is 14.3. The average Bonchev–Trinajstić information content (AvgIpc) is 3.24. The maximum Gasteiger partial charge on any atom is 0.229 e. The summed E-state index contributed by atoms with van der Waals surface area (Å²) in [5.74, 6) is 0.947. The largest absolute Gasteiger partial charge is 0.346 e. The Hall–Kier alpha value is -2.28. The summed E-state index contributed by atoms with van der Waals surface area (Å²) in [4.78, 5) is 28.6. The van der Waals surface area contributed by atoms with E-state index in [2.05, 4.69) is 32.2 Å². The number of thiazole rings is 1. The van der Waals surface area contributed by atoms with Gasteiger partial charge in [-0.15, -0.1) is 11.3 Å². The van der Waals surface area contributed by atoms with Gasteiger partial charge in [0.1, 0.15) is 23.4 Å². The minimum absolute atomic E-state index is 0.0947. The number of hydrogen-bond acceptors (Lipinski definition) is 5. The molecule has 0 bridgehead atoms. The van der Waals surface area contributed by atoms with Crippen LogP contribution in [-0.4, -0.2) is 25.8 Å². The lowest BCUT2D eigenvalue weighted by molar-refractivity contribution is -0.121. The molecule has 1 aliphatic rings. The molecule has 0 spiro atoms. The number of nitrogens with one attached hydrogen (secondary N) is 2. The van der Waals surface area contributed by atoms with E-state index in [4.69, 9.17) is 0 Å². The molecule has 6 nitrogen and oxygen atoms in total. The van der Waals surface area contributed by atoms with Crippen molar-refractivity contribution in [1.82, 2.24) is 19.9 Å². The van der Waals surface area contributed by atoms with E-state index in [0.717, 1.165) is 54.0 Å². The maximum atomic E-state index is 12.4. The van der Waals surface area contributed by atoms with Crippen molar-refractivity contribution in [3.05, 3.63) is 24.0 Å². The van der Waals surface area contributed by atoms with Crippen molar-refractivity contribution in [2.75, 3.05) is 5.32 Å². The molecule has 0 aliphatic heterocycles. The lowest BCUT2D eigenvalue weighted by Gasteiger charge is -2.24. The minimum Gasteiger partial charge on any atom is -0.346 e. The van der Waals surface area contributed by atoms with Gasteiger partial charge in [-0.2, -0.15) is 0 Å². The van der Waals surface area contributed by atoms with E-state index >= 15 is 0 Å². The number of amides is 1. The Labute approximate surface area is 143 Å². The van der Waals surface area contributed by atoms with Gasteiger partial charge in [-0.1, -0.05) is 6.92 Å². The number of carbonyl (C=O) groups is 1. The van der Waals surface area contributed by atoms with E-state index in [1.165, 1.54) is 17.7 Å². The van der Waals surface area contributed by atoms with Gasteiger partial charge >= 0.3 is 0 Å². The van der Waals surface area contributed by atoms with Crippen molar-refractivity contribution in [3.63, 3.8) is 0 Å². The molecule has 24 heavy (non-hydrogen) atoms. The first-order valence-electron chi connectivity index (χ1n) is 8.25. The molecule has 3 aromatic rings. The molecule has 0 unspecified atom stereocenters. The zero-order chi connectivity index (χ0) is 16.5. The Balaban J connectivity index is 1.51. The second kappa shape index (κ2) is 6.32. The number of anilines is 1.